The monoisotopic (exact) mass is 503 g/mol. The molecule has 0 saturated carbocycles. The SMILES string of the molecule is CNS(=O)(=O)c1ccc(C2=CCN3C(=O)c4cc(OC)c(O)cc4N(C(=O)O)C(OC)[C@@H]3C2)cc1. The number of nitrogens with zero attached hydrogens (tertiary/aromatic N) is 2. The van der Waals surface area contributed by atoms with E-state index in [0.29, 0.717) is 0 Å². The number of nitrogens with one attached hydrogen (secondary N) is 1. The highest BCUT2D eigenvalue weighted by Crippen LogP contribution is 2.41. The first-order valence-electron chi connectivity index (χ1n) is 10.6. The summed E-state index contributed by atoms with van der Waals surface area (Å²) in [5, 5.41) is 20.3. The van der Waals surface area contributed by atoms with E-state index in [2.05, 4.69) is 4.72 Å². The Morgan fingerprint density at radius 1 is 1.17 bits per heavy atom. The Balaban J connectivity index is 1.77. The lowest BCUT2D eigenvalue weighted by atomic mass is 9.93. The number of rotatable bonds is 5. The third kappa shape index (κ3) is 4.20. The van der Waals surface area contributed by atoms with Gasteiger partial charge in [-0.1, -0.05) is 18.2 Å². The summed E-state index contributed by atoms with van der Waals surface area (Å²) in [7, 11) is 0.428. The average Bonchev–Trinajstić information content (AvgIpc) is 2.95. The molecule has 12 heteroatoms. The smallest absolute Gasteiger partial charge is 0.414 e. The summed E-state index contributed by atoms with van der Waals surface area (Å²) in [6, 6.07) is 8.10. The van der Waals surface area contributed by atoms with Gasteiger partial charge in [0.1, 0.15) is 0 Å². The van der Waals surface area contributed by atoms with Gasteiger partial charge in [0.15, 0.2) is 17.7 Å². The Morgan fingerprint density at radius 2 is 1.86 bits per heavy atom. The van der Waals surface area contributed by atoms with Crippen molar-refractivity contribution in [3.63, 3.8) is 0 Å². The minimum absolute atomic E-state index is 0.00905. The molecule has 2 atom stereocenters. The standard InChI is InChI=1S/C23H25N3O8S/c1-24-35(31,32)15-6-4-13(5-7-15)14-8-9-25-18(10-14)22(34-3)26(23(29)30)17-12-19(27)20(33-2)11-16(17)21(25)28/h4-8,11-12,18,22,24,27H,9-10H2,1-3H3,(H,29,30)/t18-,22?/m0/s1. The van der Waals surface area contributed by atoms with E-state index in [0.717, 1.165) is 16.0 Å². The summed E-state index contributed by atoms with van der Waals surface area (Å²) in [5.74, 6) is -0.699. The number of hydrogen-bond donors (Lipinski definition) is 3. The lowest BCUT2D eigenvalue weighted by Gasteiger charge is -2.39. The second-order valence-electron chi connectivity index (χ2n) is 8.01. The second kappa shape index (κ2) is 9.21. The topological polar surface area (TPSA) is 146 Å². The molecule has 0 saturated heterocycles. The van der Waals surface area contributed by atoms with Crippen LogP contribution in [0, 0.1) is 0 Å². The van der Waals surface area contributed by atoms with Crippen LogP contribution < -0.4 is 14.4 Å². The number of benzene rings is 2. The number of ether oxygens (including phenoxy) is 2. The number of amides is 2. The summed E-state index contributed by atoms with van der Waals surface area (Å²) in [4.78, 5) is 28.4. The summed E-state index contributed by atoms with van der Waals surface area (Å²) >= 11 is 0. The minimum Gasteiger partial charge on any atom is -0.504 e. The highest BCUT2D eigenvalue weighted by molar-refractivity contribution is 7.89. The molecule has 0 bridgehead atoms. The maximum atomic E-state index is 13.5. The number of phenolic OH excluding ortho intramolecular Hbond substituents is 1. The van der Waals surface area contributed by atoms with Gasteiger partial charge >= 0.3 is 6.09 Å². The van der Waals surface area contributed by atoms with Crippen LogP contribution in [0.1, 0.15) is 22.3 Å². The fourth-order valence-electron chi connectivity index (χ4n) is 4.48. The van der Waals surface area contributed by atoms with E-state index in [1.807, 2.05) is 6.08 Å². The van der Waals surface area contributed by atoms with Gasteiger partial charge in [0.05, 0.1) is 29.3 Å². The molecule has 0 aliphatic carbocycles. The molecule has 35 heavy (non-hydrogen) atoms. The Morgan fingerprint density at radius 3 is 2.43 bits per heavy atom. The fraction of sp³-hybridized carbons (Fsp3) is 0.304. The van der Waals surface area contributed by atoms with Gasteiger partial charge in [-0.15, -0.1) is 0 Å². The molecule has 0 aromatic heterocycles. The first kappa shape index (κ1) is 24.5. The molecule has 3 N–H and O–H groups in total. The molecule has 2 aliphatic heterocycles. The van der Waals surface area contributed by atoms with Gasteiger partial charge in [-0.25, -0.2) is 22.8 Å². The molecule has 0 spiro atoms. The van der Waals surface area contributed by atoms with Crippen LogP contribution in [0.15, 0.2) is 47.4 Å². The predicted molar refractivity (Wildman–Crippen MR) is 126 cm³/mol. The zero-order chi connectivity index (χ0) is 25.5. The number of carbonyl (C=O) groups is 2. The number of sulfonamides is 1. The zero-order valence-corrected chi connectivity index (χ0v) is 20.1. The summed E-state index contributed by atoms with van der Waals surface area (Å²) in [6.45, 7) is 0.172. The third-order valence-electron chi connectivity index (χ3n) is 6.25. The maximum absolute atomic E-state index is 13.5. The molecule has 186 valence electrons. The molecule has 2 aromatic carbocycles. The van der Waals surface area contributed by atoms with E-state index in [1.165, 1.54) is 50.4 Å². The molecule has 0 radical (unpaired) electrons. The normalized spacial score (nSPS) is 20.0. The van der Waals surface area contributed by atoms with Gasteiger partial charge in [0, 0.05) is 19.7 Å². The Hall–Kier alpha value is -3.61. The largest absolute Gasteiger partial charge is 0.504 e. The van der Waals surface area contributed by atoms with Crippen LogP contribution in [-0.4, -0.2) is 75.6 Å². The molecule has 2 aliphatic rings. The maximum Gasteiger partial charge on any atom is 0.414 e. The average molecular weight is 504 g/mol. The van der Waals surface area contributed by atoms with Crippen LogP contribution in [-0.2, 0) is 14.8 Å². The third-order valence-corrected chi connectivity index (χ3v) is 7.68. The number of hydrogen-bond acceptors (Lipinski definition) is 7. The van der Waals surface area contributed by atoms with E-state index in [-0.39, 0.29) is 40.6 Å². The number of anilines is 1. The molecule has 0 fully saturated rings. The number of carbonyl (C=O) groups excluding carboxylic acids is 1. The summed E-state index contributed by atoms with van der Waals surface area (Å²) < 4.78 is 37.1. The fourth-order valence-corrected chi connectivity index (χ4v) is 5.21. The van der Waals surface area contributed by atoms with Crippen molar-refractivity contribution in [2.75, 3.05) is 32.7 Å². The van der Waals surface area contributed by atoms with Crippen LogP contribution in [0.5, 0.6) is 11.5 Å². The van der Waals surface area contributed by atoms with Crippen LogP contribution in [0.2, 0.25) is 0 Å². The number of carboxylic acid groups (broad SMARTS) is 1. The van der Waals surface area contributed by atoms with Crippen molar-refractivity contribution < 1.29 is 37.7 Å². The molecular formula is C23H25N3O8S. The van der Waals surface area contributed by atoms with Gasteiger partial charge in [0.25, 0.3) is 5.91 Å². The predicted octanol–water partition coefficient (Wildman–Crippen LogP) is 2.08. The van der Waals surface area contributed by atoms with Gasteiger partial charge in [-0.3, -0.25) is 4.79 Å². The van der Waals surface area contributed by atoms with Gasteiger partial charge in [-0.05, 0) is 42.8 Å². The molecule has 2 amide bonds. The number of methoxy groups -OCH3 is 2. The molecule has 11 nitrogen and oxygen atoms in total. The van der Waals surface area contributed by atoms with Gasteiger partial charge in [0.2, 0.25) is 10.0 Å². The van der Waals surface area contributed by atoms with Gasteiger partial charge < -0.3 is 24.6 Å². The number of fused-ring (bicyclic) bond motifs is 2. The van der Waals surface area contributed by atoms with E-state index in [1.54, 1.807) is 12.1 Å². The van der Waals surface area contributed by atoms with Crippen LogP contribution in [0.4, 0.5) is 10.5 Å². The summed E-state index contributed by atoms with van der Waals surface area (Å²) in [6.07, 6.45) is -0.326. The highest BCUT2D eigenvalue weighted by atomic mass is 32.2. The summed E-state index contributed by atoms with van der Waals surface area (Å²) in [5.41, 5.74) is 1.60. The quantitative estimate of drug-likeness (QED) is 0.562. The van der Waals surface area contributed by atoms with E-state index in [4.69, 9.17) is 9.47 Å². The number of aromatic hydroxyl groups is 1. The van der Waals surface area contributed by atoms with Crippen molar-refractivity contribution in [3.05, 3.63) is 53.6 Å². The molecule has 2 heterocycles. The van der Waals surface area contributed by atoms with Crippen LogP contribution >= 0.6 is 0 Å². The Bertz CT molecular complexity index is 1310. The van der Waals surface area contributed by atoms with Crippen molar-refractivity contribution in [2.45, 2.75) is 23.6 Å². The highest BCUT2D eigenvalue weighted by Gasteiger charge is 2.45. The van der Waals surface area contributed by atoms with Crippen molar-refractivity contribution in [1.29, 1.82) is 0 Å². The first-order valence-corrected chi connectivity index (χ1v) is 12.1. The van der Waals surface area contributed by atoms with Crippen LogP contribution in [0.25, 0.3) is 5.57 Å². The van der Waals surface area contributed by atoms with E-state index < -0.39 is 34.3 Å². The first-order chi connectivity index (χ1) is 16.6. The van der Waals surface area contributed by atoms with E-state index >= 15 is 0 Å². The van der Waals surface area contributed by atoms with E-state index in [9.17, 15) is 28.2 Å². The van der Waals surface area contributed by atoms with Gasteiger partial charge in [-0.2, -0.15) is 0 Å². The lowest BCUT2D eigenvalue weighted by Crippen LogP contribution is -2.55. The molecule has 1 unspecified atom stereocenters. The lowest BCUT2D eigenvalue weighted by molar-refractivity contribution is 0.0191. The zero-order valence-electron chi connectivity index (χ0n) is 19.3. The second-order valence-corrected chi connectivity index (χ2v) is 9.90. The molecular weight excluding hydrogens is 478 g/mol. The van der Waals surface area contributed by atoms with Crippen molar-refractivity contribution in [3.8, 4) is 11.5 Å². The minimum atomic E-state index is -3.59. The van der Waals surface area contributed by atoms with Crippen molar-refractivity contribution in [1.82, 2.24) is 9.62 Å². The molecule has 2 aromatic rings. The molecule has 4 rings (SSSR count). The van der Waals surface area contributed by atoms with Crippen LogP contribution in [0.3, 0.4) is 0 Å². The number of phenols is 1. The Labute approximate surface area is 202 Å². The van der Waals surface area contributed by atoms with Crippen molar-refractivity contribution in [2.24, 2.45) is 0 Å². The Kier molecular flexibility index (Phi) is 6.45. The van der Waals surface area contributed by atoms with Crippen molar-refractivity contribution >= 4 is 33.3 Å².